The molecule has 2 rings (SSSR count). The van der Waals surface area contributed by atoms with Gasteiger partial charge in [0.25, 0.3) is 5.91 Å². The Morgan fingerprint density at radius 1 is 1.07 bits per heavy atom. The monoisotopic (exact) mass is 417 g/mol. The summed E-state index contributed by atoms with van der Waals surface area (Å²) >= 11 is 6.25. The first-order valence-corrected chi connectivity index (χ1v) is 9.61. The zero-order chi connectivity index (χ0) is 21.4. The summed E-state index contributed by atoms with van der Waals surface area (Å²) in [5.74, 6) is -0.565. The first-order chi connectivity index (χ1) is 13.8. The lowest BCUT2D eigenvalue weighted by atomic mass is 10.0. The van der Waals surface area contributed by atoms with Gasteiger partial charge in [0, 0.05) is 10.6 Å². The molecule has 0 aliphatic heterocycles. The summed E-state index contributed by atoms with van der Waals surface area (Å²) in [6, 6.07) is 12.9. The van der Waals surface area contributed by atoms with Gasteiger partial charge in [0.05, 0.1) is 18.6 Å². The number of carbonyl (C=O) groups excluding carboxylic acids is 3. The lowest BCUT2D eigenvalue weighted by molar-refractivity contribution is -0.148. The van der Waals surface area contributed by atoms with E-state index in [0.29, 0.717) is 21.9 Å². The molecule has 0 aliphatic carbocycles. The van der Waals surface area contributed by atoms with E-state index in [2.05, 4.69) is 5.32 Å². The quantitative estimate of drug-likeness (QED) is 0.490. The topological polar surface area (TPSA) is 81.7 Å². The molecule has 0 radical (unpaired) electrons. The number of carbonyl (C=O) groups is 3. The van der Waals surface area contributed by atoms with Crippen LogP contribution in [0, 0.1) is 0 Å². The van der Waals surface area contributed by atoms with Gasteiger partial charge in [0.1, 0.15) is 5.75 Å². The second-order valence-electron chi connectivity index (χ2n) is 6.76. The van der Waals surface area contributed by atoms with Crippen LogP contribution >= 0.6 is 11.6 Å². The number of ketones is 1. The molecule has 1 atom stereocenters. The summed E-state index contributed by atoms with van der Waals surface area (Å²) in [6.45, 7) is 4.69. The van der Waals surface area contributed by atoms with Crippen LogP contribution in [0.15, 0.2) is 48.5 Å². The Labute approximate surface area is 175 Å². The standard InChI is InChI=1S/C22H24ClNO5/c1-14(2)29-22(27)12-20(18-9-4-5-10-19(18)23)24-21(26)13-28-17-8-6-7-16(11-17)15(3)25/h4-11,14,20H,12-13H2,1-3H3,(H,24,26). The van der Waals surface area contributed by atoms with Gasteiger partial charge in [0.15, 0.2) is 12.4 Å². The average Bonchev–Trinajstić information content (AvgIpc) is 2.66. The predicted octanol–water partition coefficient (Wildman–Crippen LogP) is 4.12. The number of nitrogens with one attached hydrogen (secondary N) is 1. The van der Waals surface area contributed by atoms with Crippen molar-refractivity contribution in [2.75, 3.05) is 6.61 Å². The summed E-state index contributed by atoms with van der Waals surface area (Å²) < 4.78 is 10.7. The molecule has 0 saturated carbocycles. The van der Waals surface area contributed by atoms with E-state index >= 15 is 0 Å². The van der Waals surface area contributed by atoms with Crippen LogP contribution in [0.5, 0.6) is 5.75 Å². The minimum absolute atomic E-state index is 0.0620. The highest BCUT2D eigenvalue weighted by molar-refractivity contribution is 6.31. The Morgan fingerprint density at radius 3 is 2.45 bits per heavy atom. The molecule has 6 nitrogen and oxygen atoms in total. The van der Waals surface area contributed by atoms with Crippen LogP contribution in [-0.4, -0.2) is 30.4 Å². The molecule has 1 amide bonds. The zero-order valence-electron chi connectivity index (χ0n) is 16.6. The van der Waals surface area contributed by atoms with Gasteiger partial charge in [0.2, 0.25) is 0 Å². The maximum Gasteiger partial charge on any atom is 0.308 e. The largest absolute Gasteiger partial charge is 0.484 e. The van der Waals surface area contributed by atoms with Crippen molar-refractivity contribution in [3.8, 4) is 5.75 Å². The molecule has 2 aromatic carbocycles. The lowest BCUT2D eigenvalue weighted by Gasteiger charge is -2.20. The van der Waals surface area contributed by atoms with Crippen LogP contribution in [-0.2, 0) is 14.3 Å². The van der Waals surface area contributed by atoms with Gasteiger partial charge in [-0.2, -0.15) is 0 Å². The molecule has 0 heterocycles. The number of Topliss-reactive ketones (excluding diaryl/α,β-unsaturated/α-hetero) is 1. The lowest BCUT2D eigenvalue weighted by Crippen LogP contribution is -2.34. The summed E-state index contributed by atoms with van der Waals surface area (Å²) in [5, 5.41) is 3.21. The highest BCUT2D eigenvalue weighted by Gasteiger charge is 2.22. The van der Waals surface area contributed by atoms with E-state index in [9.17, 15) is 14.4 Å². The number of hydrogen-bond acceptors (Lipinski definition) is 5. The predicted molar refractivity (Wildman–Crippen MR) is 110 cm³/mol. The van der Waals surface area contributed by atoms with E-state index in [1.54, 1.807) is 62.4 Å². The molecule has 0 bridgehead atoms. The van der Waals surface area contributed by atoms with Crippen molar-refractivity contribution in [3.63, 3.8) is 0 Å². The minimum atomic E-state index is -0.658. The Bertz CT molecular complexity index is 881. The number of hydrogen-bond donors (Lipinski definition) is 1. The van der Waals surface area contributed by atoms with E-state index in [1.165, 1.54) is 6.92 Å². The second-order valence-corrected chi connectivity index (χ2v) is 7.16. The third kappa shape index (κ3) is 7.23. The van der Waals surface area contributed by atoms with Crippen molar-refractivity contribution >= 4 is 29.3 Å². The molecule has 154 valence electrons. The Kier molecular flexibility index (Phi) is 8.21. The number of benzene rings is 2. The van der Waals surface area contributed by atoms with E-state index in [4.69, 9.17) is 21.1 Å². The summed E-state index contributed by atoms with van der Waals surface area (Å²) in [6.07, 6.45) is -0.324. The van der Waals surface area contributed by atoms with Gasteiger partial charge >= 0.3 is 5.97 Å². The molecule has 0 aliphatic rings. The van der Waals surface area contributed by atoms with Crippen molar-refractivity contribution in [1.29, 1.82) is 0 Å². The first kappa shape index (κ1) is 22.4. The third-order valence-corrected chi connectivity index (χ3v) is 4.31. The number of ether oxygens (including phenoxy) is 2. The minimum Gasteiger partial charge on any atom is -0.484 e. The molecule has 7 heteroatoms. The molecule has 2 aromatic rings. The van der Waals surface area contributed by atoms with Gasteiger partial charge in [-0.15, -0.1) is 0 Å². The molecular weight excluding hydrogens is 394 g/mol. The number of halogens is 1. The van der Waals surface area contributed by atoms with Crippen molar-refractivity contribution in [2.24, 2.45) is 0 Å². The third-order valence-electron chi connectivity index (χ3n) is 3.96. The summed E-state index contributed by atoms with van der Waals surface area (Å²) in [5.41, 5.74) is 1.11. The van der Waals surface area contributed by atoms with Crippen molar-refractivity contribution in [1.82, 2.24) is 5.32 Å². The second kappa shape index (κ2) is 10.6. The van der Waals surface area contributed by atoms with Crippen molar-refractivity contribution in [2.45, 2.75) is 39.3 Å². The molecule has 0 spiro atoms. The summed E-state index contributed by atoms with van der Waals surface area (Å²) in [4.78, 5) is 36.0. The van der Waals surface area contributed by atoms with Gasteiger partial charge < -0.3 is 14.8 Å². The molecule has 1 N–H and O–H groups in total. The number of amides is 1. The zero-order valence-corrected chi connectivity index (χ0v) is 17.4. The van der Waals surface area contributed by atoms with E-state index in [0.717, 1.165) is 0 Å². The molecule has 1 unspecified atom stereocenters. The fourth-order valence-corrected chi connectivity index (χ4v) is 2.93. The maximum atomic E-state index is 12.4. The van der Waals surface area contributed by atoms with Gasteiger partial charge in [-0.25, -0.2) is 0 Å². The number of rotatable bonds is 9. The Balaban J connectivity index is 2.06. The SMILES string of the molecule is CC(=O)c1cccc(OCC(=O)NC(CC(=O)OC(C)C)c2ccccc2Cl)c1. The molecule has 0 aromatic heterocycles. The molecular formula is C22H24ClNO5. The Morgan fingerprint density at radius 2 is 1.79 bits per heavy atom. The van der Waals surface area contributed by atoms with Gasteiger partial charge in [-0.05, 0) is 44.5 Å². The van der Waals surface area contributed by atoms with E-state index in [1.807, 2.05) is 0 Å². The van der Waals surface area contributed by atoms with Crippen LogP contribution in [0.1, 0.15) is 49.2 Å². The first-order valence-electron chi connectivity index (χ1n) is 9.23. The highest BCUT2D eigenvalue weighted by atomic mass is 35.5. The van der Waals surface area contributed by atoms with Crippen LogP contribution in [0.25, 0.3) is 0 Å². The number of esters is 1. The molecule has 29 heavy (non-hydrogen) atoms. The van der Waals surface area contributed by atoms with Gasteiger partial charge in [-0.1, -0.05) is 41.9 Å². The average molecular weight is 418 g/mol. The molecule has 0 fully saturated rings. The van der Waals surface area contributed by atoms with Crippen molar-refractivity contribution in [3.05, 3.63) is 64.7 Å². The van der Waals surface area contributed by atoms with Crippen molar-refractivity contribution < 1.29 is 23.9 Å². The van der Waals surface area contributed by atoms with Crippen LogP contribution in [0.3, 0.4) is 0 Å². The fraction of sp³-hybridized carbons (Fsp3) is 0.318. The summed E-state index contributed by atoms with van der Waals surface area (Å²) in [7, 11) is 0. The fourth-order valence-electron chi connectivity index (χ4n) is 2.66. The van der Waals surface area contributed by atoms with Gasteiger partial charge in [-0.3, -0.25) is 14.4 Å². The molecule has 0 saturated heterocycles. The van der Waals surface area contributed by atoms with Crippen LogP contribution in [0.2, 0.25) is 5.02 Å². The Hall–Kier alpha value is -2.86. The van der Waals surface area contributed by atoms with E-state index in [-0.39, 0.29) is 24.9 Å². The maximum absolute atomic E-state index is 12.4. The smallest absolute Gasteiger partial charge is 0.308 e. The highest BCUT2D eigenvalue weighted by Crippen LogP contribution is 2.25. The van der Waals surface area contributed by atoms with E-state index < -0.39 is 17.9 Å². The van der Waals surface area contributed by atoms with Crippen LogP contribution in [0.4, 0.5) is 0 Å². The normalized spacial score (nSPS) is 11.6. The van der Waals surface area contributed by atoms with Crippen LogP contribution < -0.4 is 10.1 Å².